The minimum Gasteiger partial charge on any atom is -0.493 e. The number of hydrogen-bond acceptors (Lipinski definition) is 8. The molecule has 2 aromatic carbocycles. The van der Waals surface area contributed by atoms with Gasteiger partial charge in [-0.2, -0.15) is 0 Å². The van der Waals surface area contributed by atoms with E-state index < -0.39 is 5.60 Å². The summed E-state index contributed by atoms with van der Waals surface area (Å²) in [6.45, 7) is 8.85. The monoisotopic (exact) mass is 553 g/mol. The number of carbonyl (C=O) groups excluding carboxylic acids is 2. The molecule has 0 spiro atoms. The highest BCUT2D eigenvalue weighted by molar-refractivity contribution is 5.84. The van der Waals surface area contributed by atoms with Crippen molar-refractivity contribution in [1.82, 2.24) is 10.2 Å². The van der Waals surface area contributed by atoms with Gasteiger partial charge in [-0.3, -0.25) is 9.59 Å². The Morgan fingerprint density at radius 3 is 2.20 bits per heavy atom. The van der Waals surface area contributed by atoms with Crippen LogP contribution in [0.3, 0.4) is 0 Å². The number of piperazine rings is 1. The Kier molecular flexibility index (Phi) is 8.46. The summed E-state index contributed by atoms with van der Waals surface area (Å²) >= 11 is 0. The molecule has 1 N–H and O–H groups in total. The number of nitrogens with one attached hydrogen (secondary N) is 1. The molecule has 1 saturated heterocycles. The fourth-order valence-corrected chi connectivity index (χ4v) is 5.42. The highest BCUT2D eigenvalue weighted by Crippen LogP contribution is 2.50. The second kappa shape index (κ2) is 11.7. The molecular weight excluding hydrogens is 514 g/mol. The molecule has 0 radical (unpaired) electrons. The van der Waals surface area contributed by atoms with Crippen molar-refractivity contribution >= 4 is 17.7 Å². The normalized spacial score (nSPS) is 16.7. The number of carbonyl (C=O) groups is 2. The average molecular weight is 554 g/mol. The molecule has 4 rings (SSSR count). The summed E-state index contributed by atoms with van der Waals surface area (Å²) in [4.78, 5) is 42.1. The lowest BCUT2D eigenvalue weighted by molar-refractivity contribution is -0.119. The van der Waals surface area contributed by atoms with Gasteiger partial charge in [0.15, 0.2) is 11.5 Å². The van der Waals surface area contributed by atoms with Gasteiger partial charge in [-0.05, 0) is 68.5 Å². The van der Waals surface area contributed by atoms with E-state index >= 15 is 0 Å². The summed E-state index contributed by atoms with van der Waals surface area (Å²) in [6, 6.07) is 6.91. The number of hydrogen-bond donors (Lipinski definition) is 1. The Labute approximate surface area is 235 Å². The number of rotatable bonds is 5. The van der Waals surface area contributed by atoms with Crippen molar-refractivity contribution in [3.05, 3.63) is 45.6 Å². The molecule has 1 atom stereocenters. The van der Waals surface area contributed by atoms with Crippen LogP contribution in [0.1, 0.15) is 51.3 Å². The van der Waals surface area contributed by atoms with Crippen molar-refractivity contribution in [1.29, 1.82) is 0 Å². The summed E-state index contributed by atoms with van der Waals surface area (Å²) in [5.41, 5.74) is 3.05. The number of ether oxygens (including phenoxy) is 4. The predicted octanol–water partition coefficient (Wildman–Crippen LogP) is 3.92. The quantitative estimate of drug-likeness (QED) is 0.594. The highest BCUT2D eigenvalue weighted by atomic mass is 16.6. The van der Waals surface area contributed by atoms with E-state index in [4.69, 9.17) is 18.9 Å². The van der Waals surface area contributed by atoms with E-state index in [0.29, 0.717) is 67.5 Å². The molecule has 0 saturated carbocycles. The van der Waals surface area contributed by atoms with Crippen LogP contribution >= 0.6 is 0 Å². The van der Waals surface area contributed by atoms with E-state index in [0.717, 1.165) is 16.7 Å². The third-order valence-electron chi connectivity index (χ3n) is 7.17. The van der Waals surface area contributed by atoms with E-state index in [1.165, 1.54) is 6.92 Å². The zero-order chi connectivity index (χ0) is 29.2. The number of nitrogens with zero attached hydrogens (tertiary/aromatic N) is 2. The van der Waals surface area contributed by atoms with Crippen LogP contribution in [0.15, 0.2) is 29.1 Å². The number of methoxy groups -OCH3 is 3. The summed E-state index contributed by atoms with van der Waals surface area (Å²) in [5.74, 6) is 1.33. The smallest absolute Gasteiger partial charge is 0.410 e. The van der Waals surface area contributed by atoms with Crippen molar-refractivity contribution in [2.45, 2.75) is 52.2 Å². The fourth-order valence-electron chi connectivity index (χ4n) is 5.42. The number of benzene rings is 1. The molecule has 1 heterocycles. The molecule has 1 fully saturated rings. The predicted molar refractivity (Wildman–Crippen MR) is 153 cm³/mol. The first kappa shape index (κ1) is 29.0. The molecule has 0 bridgehead atoms. The van der Waals surface area contributed by atoms with E-state index in [1.807, 2.05) is 43.9 Å². The summed E-state index contributed by atoms with van der Waals surface area (Å²) in [5, 5.41) is 3.03. The Bertz CT molecular complexity index is 1340. The molecule has 1 aliphatic carbocycles. The van der Waals surface area contributed by atoms with E-state index in [9.17, 15) is 14.4 Å². The summed E-state index contributed by atoms with van der Waals surface area (Å²) in [7, 11) is 4.71. The first-order valence-electron chi connectivity index (χ1n) is 13.5. The maximum absolute atomic E-state index is 13.7. The molecule has 2 aliphatic rings. The third kappa shape index (κ3) is 5.95. The van der Waals surface area contributed by atoms with Crippen LogP contribution in [-0.2, 0) is 16.0 Å². The molecule has 2 amide bonds. The lowest BCUT2D eigenvalue weighted by atomic mass is 9.95. The van der Waals surface area contributed by atoms with Crippen LogP contribution in [0.25, 0.3) is 11.1 Å². The van der Waals surface area contributed by atoms with E-state index in [1.54, 1.807) is 32.3 Å². The van der Waals surface area contributed by atoms with Crippen molar-refractivity contribution in [3.63, 3.8) is 0 Å². The standard InChI is InChI=1S/C30H39N3O7/c1-18(34)31-22-10-8-19-16-25(37-5)27(38-6)28(39-7)26(19)20-9-11-23(24(35)17-21(20)22)32-12-14-33(15-13-32)29(36)40-30(2,3)4/h9,11,16-17,22H,8,10,12-15H2,1-7H3,(H,31,34). The van der Waals surface area contributed by atoms with Gasteiger partial charge in [0.05, 0.1) is 33.1 Å². The van der Waals surface area contributed by atoms with Crippen LogP contribution < -0.4 is 29.9 Å². The number of anilines is 1. The molecule has 2 aromatic rings. The van der Waals surface area contributed by atoms with Gasteiger partial charge in [0.1, 0.15) is 5.60 Å². The van der Waals surface area contributed by atoms with Crippen LogP contribution in [-0.4, -0.2) is 70.0 Å². The van der Waals surface area contributed by atoms with Crippen LogP contribution in [0.4, 0.5) is 10.5 Å². The lowest BCUT2D eigenvalue weighted by Crippen LogP contribution is -2.50. The maximum Gasteiger partial charge on any atom is 0.410 e. The topological polar surface area (TPSA) is 107 Å². The number of fused-ring (bicyclic) bond motifs is 3. The van der Waals surface area contributed by atoms with Gasteiger partial charge in [-0.15, -0.1) is 0 Å². The molecule has 216 valence electrons. The zero-order valence-electron chi connectivity index (χ0n) is 24.4. The molecule has 1 aliphatic heterocycles. The number of amides is 2. The third-order valence-corrected chi connectivity index (χ3v) is 7.17. The van der Waals surface area contributed by atoms with Gasteiger partial charge in [-0.25, -0.2) is 4.79 Å². The lowest BCUT2D eigenvalue weighted by Gasteiger charge is -2.36. The van der Waals surface area contributed by atoms with Gasteiger partial charge >= 0.3 is 6.09 Å². The largest absolute Gasteiger partial charge is 0.493 e. The van der Waals surface area contributed by atoms with Crippen LogP contribution in [0, 0.1) is 0 Å². The fraction of sp³-hybridized carbons (Fsp3) is 0.500. The minimum atomic E-state index is -0.574. The summed E-state index contributed by atoms with van der Waals surface area (Å²) in [6.07, 6.45) is 0.861. The maximum atomic E-state index is 13.7. The molecule has 1 unspecified atom stereocenters. The van der Waals surface area contributed by atoms with E-state index in [-0.39, 0.29) is 23.5 Å². The molecule has 0 aromatic heterocycles. The highest BCUT2D eigenvalue weighted by Gasteiger charge is 2.31. The van der Waals surface area contributed by atoms with Crippen molar-refractivity contribution < 1.29 is 28.5 Å². The Morgan fingerprint density at radius 1 is 0.950 bits per heavy atom. The minimum absolute atomic E-state index is 0.162. The number of aryl methyl sites for hydroxylation is 1. The molecular formula is C30H39N3O7. The first-order valence-corrected chi connectivity index (χ1v) is 13.5. The van der Waals surface area contributed by atoms with Crippen LogP contribution in [0.2, 0.25) is 0 Å². The first-order chi connectivity index (χ1) is 19.0. The average Bonchev–Trinajstić information content (AvgIpc) is 3.15. The molecule has 10 nitrogen and oxygen atoms in total. The zero-order valence-corrected chi connectivity index (χ0v) is 24.4. The van der Waals surface area contributed by atoms with Gasteiger partial charge in [0.2, 0.25) is 17.1 Å². The Morgan fingerprint density at radius 2 is 1.62 bits per heavy atom. The second-order valence-electron chi connectivity index (χ2n) is 11.0. The Hall–Kier alpha value is -3.95. The van der Waals surface area contributed by atoms with Gasteiger partial charge in [-0.1, -0.05) is 6.07 Å². The molecule has 40 heavy (non-hydrogen) atoms. The molecule has 10 heteroatoms. The SMILES string of the molecule is COc1cc2c(c(OC)c1OC)-c1ccc(N3CCN(C(=O)OC(C)(C)C)CC3)c(=O)cc1C(NC(C)=O)CC2. The van der Waals surface area contributed by atoms with Crippen LogP contribution in [0.5, 0.6) is 17.2 Å². The van der Waals surface area contributed by atoms with Crippen molar-refractivity contribution in [3.8, 4) is 28.4 Å². The van der Waals surface area contributed by atoms with E-state index in [2.05, 4.69) is 5.32 Å². The second-order valence-corrected chi connectivity index (χ2v) is 11.0. The van der Waals surface area contributed by atoms with Gasteiger partial charge in [0.25, 0.3) is 0 Å². The van der Waals surface area contributed by atoms with Gasteiger partial charge < -0.3 is 34.1 Å². The van der Waals surface area contributed by atoms with Crippen molar-refractivity contribution in [2.24, 2.45) is 0 Å². The van der Waals surface area contributed by atoms with Crippen molar-refractivity contribution in [2.75, 3.05) is 52.4 Å². The Balaban J connectivity index is 1.79. The van der Waals surface area contributed by atoms with Gasteiger partial charge in [0, 0.05) is 38.7 Å². The summed E-state index contributed by atoms with van der Waals surface area (Å²) < 4.78 is 22.6.